The average Bonchev–Trinajstić information content (AvgIpc) is 3.09. The van der Waals surface area contributed by atoms with E-state index in [2.05, 4.69) is 15.3 Å². The van der Waals surface area contributed by atoms with Gasteiger partial charge in [0.1, 0.15) is 11.9 Å². The summed E-state index contributed by atoms with van der Waals surface area (Å²) in [7, 11) is 0. The second kappa shape index (κ2) is 4.41. The van der Waals surface area contributed by atoms with Gasteiger partial charge in [-0.05, 0) is 37.3 Å². The summed E-state index contributed by atoms with van der Waals surface area (Å²) in [6.45, 7) is 2.70. The van der Waals surface area contributed by atoms with E-state index in [1.807, 2.05) is 24.0 Å². The van der Waals surface area contributed by atoms with E-state index >= 15 is 0 Å². The number of fused-ring (bicyclic) bond motifs is 1. The fourth-order valence-electron chi connectivity index (χ4n) is 3.13. The highest BCUT2D eigenvalue weighted by atomic mass is 16.4. The van der Waals surface area contributed by atoms with Crippen LogP contribution in [0, 0.1) is 5.92 Å². The Bertz CT molecular complexity index is 708. The van der Waals surface area contributed by atoms with Crippen LogP contribution in [-0.4, -0.2) is 43.5 Å². The van der Waals surface area contributed by atoms with Crippen LogP contribution in [0.2, 0.25) is 0 Å². The van der Waals surface area contributed by atoms with Crippen molar-refractivity contribution in [3.63, 3.8) is 0 Å². The Hall–Kier alpha value is -2.18. The van der Waals surface area contributed by atoms with Gasteiger partial charge in [-0.25, -0.2) is 4.79 Å². The van der Waals surface area contributed by atoms with Gasteiger partial charge in [0.05, 0.1) is 0 Å². The van der Waals surface area contributed by atoms with E-state index in [1.165, 1.54) is 0 Å². The van der Waals surface area contributed by atoms with Crippen molar-refractivity contribution in [3.8, 4) is 0 Å². The summed E-state index contributed by atoms with van der Waals surface area (Å²) in [6, 6.07) is 3.20. The number of carboxylic acids is 1. The molecule has 4 rings (SSSR count). The lowest BCUT2D eigenvalue weighted by atomic mass is 10.0. The van der Waals surface area contributed by atoms with E-state index in [4.69, 9.17) is 0 Å². The van der Waals surface area contributed by atoms with Crippen LogP contribution in [0.15, 0.2) is 12.1 Å². The van der Waals surface area contributed by atoms with E-state index in [1.54, 1.807) is 4.52 Å². The van der Waals surface area contributed by atoms with Crippen LogP contribution in [0.1, 0.15) is 37.9 Å². The Morgan fingerprint density at radius 1 is 1.29 bits per heavy atom. The topological polar surface area (TPSA) is 83.6 Å². The molecule has 0 bridgehead atoms. The third-order valence-corrected chi connectivity index (χ3v) is 4.46. The SMILES string of the molecule is CC1CCN(c2ccc3nnc(C4CC4)n3n2)C1C(=O)O. The Labute approximate surface area is 121 Å². The second-order valence-corrected chi connectivity index (χ2v) is 6.04. The summed E-state index contributed by atoms with van der Waals surface area (Å²) in [4.78, 5) is 13.4. The van der Waals surface area contributed by atoms with Crippen LogP contribution in [0.4, 0.5) is 5.82 Å². The first kappa shape index (κ1) is 12.6. The number of aliphatic carboxylic acids is 1. The molecule has 2 aromatic heterocycles. The zero-order valence-corrected chi connectivity index (χ0v) is 11.8. The summed E-state index contributed by atoms with van der Waals surface area (Å²) >= 11 is 0. The molecule has 0 spiro atoms. The minimum Gasteiger partial charge on any atom is -0.480 e. The Kier molecular flexibility index (Phi) is 2.63. The van der Waals surface area contributed by atoms with Crippen molar-refractivity contribution in [2.45, 2.75) is 38.1 Å². The van der Waals surface area contributed by atoms with Gasteiger partial charge in [-0.3, -0.25) is 0 Å². The fourth-order valence-corrected chi connectivity index (χ4v) is 3.13. The minimum atomic E-state index is -0.784. The predicted molar refractivity (Wildman–Crippen MR) is 75.3 cm³/mol. The zero-order valence-electron chi connectivity index (χ0n) is 11.8. The minimum absolute atomic E-state index is 0.129. The molecule has 3 heterocycles. The third kappa shape index (κ3) is 1.95. The molecule has 0 radical (unpaired) electrons. The van der Waals surface area contributed by atoms with Crippen molar-refractivity contribution in [2.24, 2.45) is 5.92 Å². The van der Waals surface area contributed by atoms with Crippen molar-refractivity contribution in [1.82, 2.24) is 19.8 Å². The molecular formula is C14H17N5O2. The van der Waals surface area contributed by atoms with Gasteiger partial charge < -0.3 is 10.0 Å². The summed E-state index contributed by atoms with van der Waals surface area (Å²) < 4.78 is 1.77. The number of carbonyl (C=O) groups is 1. The van der Waals surface area contributed by atoms with E-state index in [9.17, 15) is 9.90 Å². The molecule has 2 aromatic rings. The molecular weight excluding hydrogens is 270 g/mol. The number of aromatic nitrogens is 4. The summed E-state index contributed by atoms with van der Waals surface area (Å²) in [5, 5.41) is 22.4. The van der Waals surface area contributed by atoms with E-state index in [0.717, 1.165) is 37.3 Å². The van der Waals surface area contributed by atoms with Crippen LogP contribution in [0.5, 0.6) is 0 Å². The Balaban J connectivity index is 1.76. The van der Waals surface area contributed by atoms with Gasteiger partial charge in [-0.2, -0.15) is 4.52 Å². The molecule has 0 aromatic carbocycles. The first-order valence-corrected chi connectivity index (χ1v) is 7.37. The van der Waals surface area contributed by atoms with E-state index in [-0.39, 0.29) is 5.92 Å². The molecule has 7 nitrogen and oxygen atoms in total. The fraction of sp³-hybridized carbons (Fsp3) is 0.571. The summed E-state index contributed by atoms with van der Waals surface area (Å²) in [5.74, 6) is 1.39. The lowest BCUT2D eigenvalue weighted by Gasteiger charge is -2.24. The number of carboxylic acid groups (broad SMARTS) is 1. The average molecular weight is 287 g/mol. The summed E-state index contributed by atoms with van der Waals surface area (Å²) in [6.07, 6.45) is 3.13. The highest BCUT2D eigenvalue weighted by Crippen LogP contribution is 2.39. The number of nitrogens with zero attached hydrogens (tertiary/aromatic N) is 5. The highest BCUT2D eigenvalue weighted by molar-refractivity contribution is 5.79. The van der Waals surface area contributed by atoms with Gasteiger partial charge >= 0.3 is 5.97 Å². The molecule has 110 valence electrons. The molecule has 7 heteroatoms. The first-order valence-electron chi connectivity index (χ1n) is 7.37. The van der Waals surface area contributed by atoms with Gasteiger partial charge in [-0.1, -0.05) is 6.92 Å². The Morgan fingerprint density at radius 2 is 2.10 bits per heavy atom. The maximum absolute atomic E-state index is 11.5. The summed E-state index contributed by atoms with van der Waals surface area (Å²) in [5.41, 5.74) is 0.722. The van der Waals surface area contributed by atoms with Crippen molar-refractivity contribution >= 4 is 17.4 Å². The van der Waals surface area contributed by atoms with Crippen LogP contribution < -0.4 is 4.90 Å². The maximum atomic E-state index is 11.5. The molecule has 21 heavy (non-hydrogen) atoms. The van der Waals surface area contributed by atoms with E-state index in [0.29, 0.717) is 11.7 Å². The van der Waals surface area contributed by atoms with E-state index < -0.39 is 12.0 Å². The molecule has 1 N–H and O–H groups in total. The molecule has 1 aliphatic heterocycles. The van der Waals surface area contributed by atoms with Crippen LogP contribution in [0.25, 0.3) is 5.65 Å². The zero-order chi connectivity index (χ0) is 14.6. The predicted octanol–water partition coefficient (Wildman–Crippen LogP) is 1.30. The lowest BCUT2D eigenvalue weighted by Crippen LogP contribution is -2.39. The van der Waals surface area contributed by atoms with Crippen LogP contribution >= 0.6 is 0 Å². The highest BCUT2D eigenvalue weighted by Gasteiger charge is 2.38. The molecule has 1 aliphatic carbocycles. The normalized spacial score (nSPS) is 25.7. The van der Waals surface area contributed by atoms with Crippen molar-refractivity contribution in [2.75, 3.05) is 11.4 Å². The molecule has 2 aliphatic rings. The molecule has 2 atom stereocenters. The van der Waals surface area contributed by atoms with Gasteiger partial charge in [0.25, 0.3) is 0 Å². The van der Waals surface area contributed by atoms with Crippen molar-refractivity contribution in [3.05, 3.63) is 18.0 Å². The van der Waals surface area contributed by atoms with Gasteiger partial charge in [0.2, 0.25) is 0 Å². The number of rotatable bonds is 3. The molecule has 1 saturated heterocycles. The Morgan fingerprint density at radius 3 is 2.81 bits per heavy atom. The number of hydrogen-bond donors (Lipinski definition) is 1. The molecule has 2 unspecified atom stereocenters. The smallest absolute Gasteiger partial charge is 0.326 e. The van der Waals surface area contributed by atoms with Crippen LogP contribution in [0.3, 0.4) is 0 Å². The maximum Gasteiger partial charge on any atom is 0.326 e. The molecule has 1 saturated carbocycles. The second-order valence-electron chi connectivity index (χ2n) is 6.04. The lowest BCUT2D eigenvalue weighted by molar-refractivity contribution is -0.139. The van der Waals surface area contributed by atoms with Crippen LogP contribution in [-0.2, 0) is 4.79 Å². The number of hydrogen-bond acceptors (Lipinski definition) is 5. The van der Waals surface area contributed by atoms with Crippen molar-refractivity contribution < 1.29 is 9.90 Å². The largest absolute Gasteiger partial charge is 0.480 e. The first-order chi connectivity index (χ1) is 10.1. The number of anilines is 1. The van der Waals surface area contributed by atoms with Crippen molar-refractivity contribution in [1.29, 1.82) is 0 Å². The standard InChI is InChI=1S/C14H17N5O2/c1-8-6-7-18(12(8)14(20)21)11-5-4-10-15-16-13(9-2-3-9)19(10)17-11/h4-5,8-9,12H,2-3,6-7H2,1H3,(H,20,21). The third-order valence-electron chi connectivity index (χ3n) is 4.46. The van der Waals surface area contributed by atoms with Gasteiger partial charge in [0.15, 0.2) is 11.5 Å². The van der Waals surface area contributed by atoms with Gasteiger partial charge in [0, 0.05) is 12.5 Å². The van der Waals surface area contributed by atoms with Gasteiger partial charge in [-0.15, -0.1) is 15.3 Å². The molecule has 2 fully saturated rings. The molecule has 0 amide bonds. The monoisotopic (exact) mass is 287 g/mol. The quantitative estimate of drug-likeness (QED) is 0.916.